The lowest BCUT2D eigenvalue weighted by molar-refractivity contribution is 0.0951. The molecule has 8 nitrogen and oxygen atoms in total. The van der Waals surface area contributed by atoms with Crippen molar-refractivity contribution in [2.24, 2.45) is 5.73 Å². The van der Waals surface area contributed by atoms with E-state index in [2.05, 4.69) is 5.32 Å². The highest BCUT2D eigenvalue weighted by Gasteiger charge is 2.25. The van der Waals surface area contributed by atoms with Gasteiger partial charge in [-0.25, -0.2) is 9.52 Å². The number of methoxy groups -OCH3 is 1. The number of carbonyl (C=O) groups is 2. The standard InChI is InChI=1S/C18H23N3O5S/c1-26-16-6-4-3-5-15(16)17(22)20-12-11-13-7-9-14(10-8-13)27(2,24,25)21-18(19)23/h3-10H,11-12H2,1-2H3,(H,20,22)(H4,19,21,23,24,25). The topological polar surface area (TPSA) is 131 Å². The SMILES string of the molecule is COc1ccccc1C(=O)NCCc1ccc(S(C)(=O)(O)NC(N)=O)cc1. The average Bonchev–Trinajstić information content (AvgIpc) is 2.60. The summed E-state index contributed by atoms with van der Waals surface area (Å²) >= 11 is 0. The van der Waals surface area contributed by atoms with Gasteiger partial charge in [-0.3, -0.25) is 9.35 Å². The summed E-state index contributed by atoms with van der Waals surface area (Å²) in [5.74, 6) is 0.245. The highest BCUT2D eigenvalue weighted by molar-refractivity contribution is 8.13. The number of nitrogens with one attached hydrogen (secondary N) is 2. The Bertz CT molecular complexity index is 905. The van der Waals surface area contributed by atoms with E-state index < -0.39 is 15.6 Å². The number of benzene rings is 2. The Morgan fingerprint density at radius 1 is 1.15 bits per heavy atom. The first-order valence-corrected chi connectivity index (χ1v) is 10.4. The predicted octanol–water partition coefficient (Wildman–Crippen LogP) is 1.53. The van der Waals surface area contributed by atoms with Crippen molar-refractivity contribution in [3.63, 3.8) is 0 Å². The first-order valence-electron chi connectivity index (χ1n) is 8.08. The number of carbonyl (C=O) groups excluding carboxylic acids is 2. The summed E-state index contributed by atoms with van der Waals surface area (Å²) < 4.78 is 29.8. The summed E-state index contributed by atoms with van der Waals surface area (Å²) in [6.07, 6.45) is 1.54. The van der Waals surface area contributed by atoms with Crippen molar-refractivity contribution >= 4 is 21.5 Å². The minimum Gasteiger partial charge on any atom is -0.496 e. The molecule has 0 atom stereocenters. The summed E-state index contributed by atoms with van der Waals surface area (Å²) in [5.41, 5.74) is 6.26. The van der Waals surface area contributed by atoms with Crippen LogP contribution >= 0.6 is 0 Å². The Labute approximate surface area is 157 Å². The van der Waals surface area contributed by atoms with E-state index in [0.29, 0.717) is 24.3 Å². The molecular weight excluding hydrogens is 370 g/mol. The van der Waals surface area contributed by atoms with Crippen LogP contribution in [0.4, 0.5) is 4.79 Å². The molecule has 0 saturated heterocycles. The molecule has 0 unspecified atom stereocenters. The molecule has 0 heterocycles. The zero-order chi connectivity index (χ0) is 20.1. The largest absolute Gasteiger partial charge is 0.496 e. The van der Waals surface area contributed by atoms with Crippen molar-refractivity contribution in [2.45, 2.75) is 11.3 Å². The van der Waals surface area contributed by atoms with E-state index in [1.165, 1.54) is 19.2 Å². The molecule has 0 saturated carbocycles. The fourth-order valence-corrected chi connectivity index (χ4v) is 3.89. The van der Waals surface area contributed by atoms with Gasteiger partial charge in [0, 0.05) is 12.8 Å². The van der Waals surface area contributed by atoms with Gasteiger partial charge in [0.1, 0.15) is 5.75 Å². The monoisotopic (exact) mass is 393 g/mol. The molecule has 2 aromatic rings. The third-order valence-corrected chi connectivity index (χ3v) is 5.93. The van der Waals surface area contributed by atoms with E-state index in [-0.39, 0.29) is 10.8 Å². The van der Waals surface area contributed by atoms with E-state index >= 15 is 0 Å². The predicted molar refractivity (Wildman–Crippen MR) is 103 cm³/mol. The van der Waals surface area contributed by atoms with Gasteiger partial charge in [-0.2, -0.15) is 4.21 Å². The zero-order valence-electron chi connectivity index (χ0n) is 15.1. The summed E-state index contributed by atoms with van der Waals surface area (Å²) in [5, 5.41) is 2.80. The van der Waals surface area contributed by atoms with Gasteiger partial charge in [-0.1, -0.05) is 24.3 Å². The van der Waals surface area contributed by atoms with Crippen molar-refractivity contribution in [2.75, 3.05) is 19.9 Å². The Balaban J connectivity index is 1.99. The molecule has 27 heavy (non-hydrogen) atoms. The molecule has 9 heteroatoms. The van der Waals surface area contributed by atoms with E-state index in [1.54, 1.807) is 36.4 Å². The molecule has 0 bridgehead atoms. The lowest BCUT2D eigenvalue weighted by Crippen LogP contribution is -2.51. The number of hydrogen-bond donors (Lipinski definition) is 4. The molecule has 0 spiro atoms. The molecular formula is C18H23N3O5S. The van der Waals surface area contributed by atoms with E-state index in [0.717, 1.165) is 11.8 Å². The van der Waals surface area contributed by atoms with Crippen molar-refractivity contribution in [3.05, 3.63) is 59.7 Å². The molecule has 2 aromatic carbocycles. The van der Waals surface area contributed by atoms with Crippen molar-refractivity contribution < 1.29 is 23.1 Å². The molecule has 0 aliphatic carbocycles. The van der Waals surface area contributed by atoms with Crippen LogP contribution in [0.5, 0.6) is 5.75 Å². The highest BCUT2D eigenvalue weighted by atomic mass is 32.3. The summed E-state index contributed by atoms with van der Waals surface area (Å²) in [6.45, 7) is 0.375. The molecule has 0 aliphatic heterocycles. The molecule has 0 radical (unpaired) electrons. The molecule has 2 rings (SSSR count). The summed E-state index contributed by atoms with van der Waals surface area (Å²) in [7, 11) is -3.04. The van der Waals surface area contributed by atoms with Gasteiger partial charge in [0.25, 0.3) is 5.91 Å². The maximum Gasteiger partial charge on any atom is 0.330 e. The normalized spacial score (nSPS) is 12.5. The minimum atomic E-state index is -4.54. The highest BCUT2D eigenvalue weighted by Crippen LogP contribution is 2.25. The molecule has 146 valence electrons. The van der Waals surface area contributed by atoms with Crippen molar-refractivity contribution in [1.29, 1.82) is 0 Å². The lowest BCUT2D eigenvalue weighted by atomic mass is 10.1. The van der Waals surface area contributed by atoms with E-state index in [9.17, 15) is 18.4 Å². The van der Waals surface area contributed by atoms with Crippen LogP contribution in [0.2, 0.25) is 0 Å². The maximum atomic E-state index is 12.5. The van der Waals surface area contributed by atoms with Crippen LogP contribution in [0.3, 0.4) is 0 Å². The van der Waals surface area contributed by atoms with Crippen LogP contribution in [-0.2, 0) is 16.0 Å². The van der Waals surface area contributed by atoms with E-state index in [1.807, 2.05) is 4.72 Å². The number of nitrogens with two attached hydrogens (primary N) is 1. The fraction of sp³-hybridized carbons (Fsp3) is 0.222. The number of primary amides is 1. The average molecular weight is 393 g/mol. The molecule has 3 amide bonds. The van der Waals surface area contributed by atoms with Crippen LogP contribution < -0.4 is 20.5 Å². The Morgan fingerprint density at radius 2 is 1.78 bits per heavy atom. The summed E-state index contributed by atoms with van der Waals surface area (Å²) in [4.78, 5) is 23.2. The minimum absolute atomic E-state index is 0.0487. The van der Waals surface area contributed by atoms with Crippen LogP contribution in [-0.4, -0.2) is 40.6 Å². The first kappa shape index (κ1) is 20.4. The number of amides is 3. The third-order valence-electron chi connectivity index (χ3n) is 3.87. The van der Waals surface area contributed by atoms with Gasteiger partial charge in [0.15, 0.2) is 0 Å². The zero-order valence-corrected chi connectivity index (χ0v) is 15.9. The third kappa shape index (κ3) is 5.28. The number of rotatable bonds is 7. The van der Waals surface area contributed by atoms with Gasteiger partial charge < -0.3 is 15.8 Å². The quantitative estimate of drug-likeness (QED) is 0.567. The van der Waals surface area contributed by atoms with Crippen LogP contribution in [0.1, 0.15) is 15.9 Å². The van der Waals surface area contributed by atoms with Crippen LogP contribution in [0, 0.1) is 0 Å². The second-order valence-corrected chi connectivity index (χ2v) is 9.34. The van der Waals surface area contributed by atoms with Crippen molar-refractivity contribution in [3.8, 4) is 5.75 Å². The maximum absolute atomic E-state index is 12.5. The second-order valence-electron chi connectivity index (χ2n) is 6.10. The number of hydrogen-bond acceptors (Lipinski definition) is 4. The lowest BCUT2D eigenvalue weighted by Gasteiger charge is -2.38. The molecule has 0 aliphatic rings. The molecule has 0 fully saturated rings. The fourth-order valence-electron chi connectivity index (χ4n) is 2.52. The number of ether oxygens (including phenoxy) is 1. The Morgan fingerprint density at radius 3 is 2.37 bits per heavy atom. The Hall–Kier alpha value is -2.91. The first-order chi connectivity index (χ1) is 12.6. The van der Waals surface area contributed by atoms with Gasteiger partial charge in [0.2, 0.25) is 0 Å². The van der Waals surface area contributed by atoms with Crippen LogP contribution in [0.15, 0.2) is 53.4 Å². The van der Waals surface area contributed by atoms with Crippen molar-refractivity contribution in [1.82, 2.24) is 10.0 Å². The molecule has 5 N–H and O–H groups in total. The van der Waals surface area contributed by atoms with Crippen LogP contribution in [0.25, 0.3) is 0 Å². The summed E-state index contributed by atoms with van der Waals surface area (Å²) in [6, 6.07) is 12.0. The second kappa shape index (κ2) is 7.77. The van der Waals surface area contributed by atoms with Gasteiger partial charge in [-0.15, -0.1) is 9.53 Å². The van der Waals surface area contributed by atoms with E-state index in [4.69, 9.17) is 10.5 Å². The Kier molecular flexibility index (Phi) is 5.87. The van der Waals surface area contributed by atoms with Gasteiger partial charge >= 0.3 is 6.03 Å². The van der Waals surface area contributed by atoms with Gasteiger partial charge in [0.05, 0.1) is 17.6 Å². The van der Waals surface area contributed by atoms with Gasteiger partial charge in [-0.05, 0) is 36.2 Å². The number of para-hydroxylation sites is 1. The molecule has 0 aromatic heterocycles. The number of urea groups is 1. The smallest absolute Gasteiger partial charge is 0.330 e.